The summed E-state index contributed by atoms with van der Waals surface area (Å²) in [5, 5.41) is 9.92. The summed E-state index contributed by atoms with van der Waals surface area (Å²) in [5.41, 5.74) is 0. The fourth-order valence-electron chi connectivity index (χ4n) is 2.57. The molecule has 1 aromatic rings. The molecule has 7 heteroatoms. The predicted octanol–water partition coefficient (Wildman–Crippen LogP) is 2.91. The van der Waals surface area contributed by atoms with Crippen molar-refractivity contribution in [2.24, 2.45) is 0 Å². The van der Waals surface area contributed by atoms with E-state index in [-0.39, 0.29) is 12.0 Å². The zero-order chi connectivity index (χ0) is 16.8. The molecule has 23 heavy (non-hydrogen) atoms. The Labute approximate surface area is 144 Å². The highest BCUT2D eigenvalue weighted by Gasteiger charge is 2.39. The number of carbonyl (C=O) groups excluding carboxylic acids is 1. The number of benzene rings is 1. The van der Waals surface area contributed by atoms with Gasteiger partial charge in [0.15, 0.2) is 0 Å². The molecule has 0 saturated carbocycles. The van der Waals surface area contributed by atoms with Crippen LogP contribution in [-0.2, 0) is 14.3 Å². The van der Waals surface area contributed by atoms with Crippen LogP contribution in [0.5, 0.6) is 0 Å². The maximum absolute atomic E-state index is 12.3. The average molecular weight is 358 g/mol. The largest absolute Gasteiger partial charge is 0.480 e. The van der Waals surface area contributed by atoms with E-state index in [9.17, 15) is 14.7 Å². The lowest BCUT2D eigenvalue weighted by Gasteiger charge is -2.21. The van der Waals surface area contributed by atoms with Crippen LogP contribution in [0.15, 0.2) is 29.2 Å². The van der Waals surface area contributed by atoms with Gasteiger partial charge >= 0.3 is 5.97 Å². The van der Waals surface area contributed by atoms with E-state index >= 15 is 0 Å². The topological polar surface area (TPSA) is 66.8 Å². The molecule has 0 radical (unpaired) electrons. The summed E-state index contributed by atoms with van der Waals surface area (Å²) in [4.78, 5) is 26.1. The van der Waals surface area contributed by atoms with Crippen molar-refractivity contribution in [2.75, 3.05) is 19.4 Å². The molecule has 1 fully saturated rings. The third kappa shape index (κ3) is 5.12. The molecule has 1 amide bonds. The first-order valence-corrected chi connectivity index (χ1v) is 8.81. The summed E-state index contributed by atoms with van der Waals surface area (Å²) in [6.07, 6.45) is 1.22. The Hall–Kier alpha value is -1.24. The van der Waals surface area contributed by atoms with E-state index in [1.165, 1.54) is 4.90 Å². The van der Waals surface area contributed by atoms with E-state index in [0.29, 0.717) is 30.8 Å². The highest BCUT2D eigenvalue weighted by Crippen LogP contribution is 2.24. The Morgan fingerprint density at radius 1 is 1.39 bits per heavy atom. The van der Waals surface area contributed by atoms with Gasteiger partial charge in [-0.3, -0.25) is 4.79 Å². The second kappa shape index (κ2) is 8.57. The normalized spacial score (nSPS) is 20.7. The Bertz CT molecular complexity index is 552. The number of nitrogens with zero attached hydrogens (tertiary/aromatic N) is 1. The van der Waals surface area contributed by atoms with Crippen molar-refractivity contribution in [3.05, 3.63) is 29.3 Å². The van der Waals surface area contributed by atoms with Gasteiger partial charge in [0.25, 0.3) is 0 Å². The molecule has 1 aliphatic heterocycles. The van der Waals surface area contributed by atoms with Crippen molar-refractivity contribution in [1.29, 1.82) is 0 Å². The first-order valence-electron chi connectivity index (χ1n) is 7.44. The zero-order valence-electron chi connectivity index (χ0n) is 12.9. The minimum Gasteiger partial charge on any atom is -0.480 e. The van der Waals surface area contributed by atoms with Crippen LogP contribution >= 0.6 is 23.4 Å². The third-order valence-electron chi connectivity index (χ3n) is 3.82. The van der Waals surface area contributed by atoms with Crippen LogP contribution in [0.25, 0.3) is 0 Å². The lowest BCUT2D eigenvalue weighted by atomic mass is 10.2. The molecule has 0 aromatic heterocycles. The van der Waals surface area contributed by atoms with E-state index in [0.717, 1.165) is 10.6 Å². The summed E-state index contributed by atoms with van der Waals surface area (Å²) in [6.45, 7) is 0.358. The molecule has 1 heterocycles. The number of carboxylic acids is 1. The van der Waals surface area contributed by atoms with Crippen LogP contribution in [-0.4, -0.2) is 53.4 Å². The second-order valence-electron chi connectivity index (χ2n) is 5.40. The Morgan fingerprint density at radius 3 is 2.70 bits per heavy atom. The number of likely N-dealkylation sites (tertiary alicyclic amines) is 1. The van der Waals surface area contributed by atoms with Crippen molar-refractivity contribution < 1.29 is 19.4 Å². The number of methoxy groups -OCH3 is 1. The van der Waals surface area contributed by atoms with Gasteiger partial charge in [0, 0.05) is 36.4 Å². The predicted molar refractivity (Wildman–Crippen MR) is 90.0 cm³/mol. The number of ether oxygens (including phenoxy) is 1. The molecule has 1 N–H and O–H groups in total. The lowest BCUT2D eigenvalue weighted by Crippen LogP contribution is -2.40. The van der Waals surface area contributed by atoms with E-state index < -0.39 is 12.0 Å². The average Bonchev–Trinajstić information content (AvgIpc) is 2.98. The van der Waals surface area contributed by atoms with Crippen LogP contribution in [0.4, 0.5) is 0 Å². The van der Waals surface area contributed by atoms with Gasteiger partial charge in [0.2, 0.25) is 5.91 Å². The standard InChI is InChI=1S/C16H20ClNO4S/c1-22-12-9-14(16(20)21)18(10-12)15(19)3-2-8-23-13-6-4-11(17)5-7-13/h4-7,12,14H,2-3,8-10H2,1H3,(H,20,21). The monoisotopic (exact) mass is 357 g/mol. The number of hydrogen-bond donors (Lipinski definition) is 1. The molecule has 126 valence electrons. The van der Waals surface area contributed by atoms with Crippen LogP contribution < -0.4 is 0 Å². The van der Waals surface area contributed by atoms with Gasteiger partial charge in [0.05, 0.1) is 6.10 Å². The van der Waals surface area contributed by atoms with Crippen LogP contribution in [0, 0.1) is 0 Å². The Morgan fingerprint density at radius 2 is 2.09 bits per heavy atom. The van der Waals surface area contributed by atoms with Gasteiger partial charge in [-0.25, -0.2) is 4.79 Å². The molecule has 1 aromatic carbocycles. The van der Waals surface area contributed by atoms with Crippen molar-refractivity contribution in [1.82, 2.24) is 4.90 Å². The number of amides is 1. The zero-order valence-corrected chi connectivity index (χ0v) is 14.5. The SMILES string of the molecule is COC1CC(C(=O)O)N(C(=O)CCCSc2ccc(Cl)cc2)C1. The molecular weight excluding hydrogens is 338 g/mol. The first kappa shape index (κ1) is 18.1. The molecule has 2 unspecified atom stereocenters. The summed E-state index contributed by atoms with van der Waals surface area (Å²) < 4.78 is 5.19. The van der Waals surface area contributed by atoms with E-state index in [4.69, 9.17) is 16.3 Å². The molecule has 0 aliphatic carbocycles. The van der Waals surface area contributed by atoms with E-state index in [1.54, 1.807) is 18.9 Å². The van der Waals surface area contributed by atoms with Crippen LogP contribution in [0.3, 0.4) is 0 Å². The quantitative estimate of drug-likeness (QED) is 0.600. The summed E-state index contributed by atoms with van der Waals surface area (Å²) in [5.74, 6) is -0.283. The number of hydrogen-bond acceptors (Lipinski definition) is 4. The molecule has 0 bridgehead atoms. The number of aliphatic carboxylic acids is 1. The molecule has 5 nitrogen and oxygen atoms in total. The van der Waals surface area contributed by atoms with Crippen molar-refractivity contribution in [2.45, 2.75) is 36.3 Å². The van der Waals surface area contributed by atoms with Crippen molar-refractivity contribution in [3.8, 4) is 0 Å². The van der Waals surface area contributed by atoms with Gasteiger partial charge in [-0.15, -0.1) is 11.8 Å². The lowest BCUT2D eigenvalue weighted by molar-refractivity contribution is -0.148. The minimum absolute atomic E-state index is 0.117. The molecule has 1 aliphatic rings. The molecular formula is C16H20ClNO4S. The number of thioether (sulfide) groups is 1. The van der Waals surface area contributed by atoms with Crippen LogP contribution in [0.2, 0.25) is 5.02 Å². The van der Waals surface area contributed by atoms with Gasteiger partial charge in [-0.1, -0.05) is 11.6 Å². The summed E-state index contributed by atoms with van der Waals surface area (Å²) in [7, 11) is 1.54. The molecule has 1 saturated heterocycles. The molecule has 2 rings (SSSR count). The molecule has 0 spiro atoms. The number of halogens is 1. The second-order valence-corrected chi connectivity index (χ2v) is 7.00. The maximum Gasteiger partial charge on any atom is 0.326 e. The fraction of sp³-hybridized carbons (Fsp3) is 0.500. The Kier molecular flexibility index (Phi) is 6.74. The number of carboxylic acid groups (broad SMARTS) is 1. The van der Waals surface area contributed by atoms with Gasteiger partial charge in [-0.2, -0.15) is 0 Å². The molecule has 2 atom stereocenters. The fourth-order valence-corrected chi connectivity index (χ4v) is 3.54. The smallest absolute Gasteiger partial charge is 0.326 e. The summed E-state index contributed by atoms with van der Waals surface area (Å²) >= 11 is 7.49. The maximum atomic E-state index is 12.3. The van der Waals surface area contributed by atoms with Crippen molar-refractivity contribution >= 4 is 35.2 Å². The van der Waals surface area contributed by atoms with Gasteiger partial charge < -0.3 is 14.7 Å². The van der Waals surface area contributed by atoms with Gasteiger partial charge in [-0.05, 0) is 36.4 Å². The highest BCUT2D eigenvalue weighted by atomic mass is 35.5. The Balaban J connectivity index is 1.77. The van der Waals surface area contributed by atoms with E-state index in [1.807, 2.05) is 24.3 Å². The summed E-state index contributed by atoms with van der Waals surface area (Å²) in [6, 6.07) is 6.79. The van der Waals surface area contributed by atoms with E-state index in [2.05, 4.69) is 0 Å². The highest BCUT2D eigenvalue weighted by molar-refractivity contribution is 7.99. The van der Waals surface area contributed by atoms with Crippen LogP contribution in [0.1, 0.15) is 19.3 Å². The van der Waals surface area contributed by atoms with Gasteiger partial charge in [0.1, 0.15) is 6.04 Å². The third-order valence-corrected chi connectivity index (χ3v) is 5.17. The first-order chi connectivity index (χ1) is 11.0. The number of carbonyl (C=O) groups is 2. The number of rotatable bonds is 7. The minimum atomic E-state index is -0.964. The van der Waals surface area contributed by atoms with Crippen molar-refractivity contribution in [3.63, 3.8) is 0 Å².